The van der Waals surface area contributed by atoms with Crippen LogP contribution in [0.3, 0.4) is 0 Å². The van der Waals surface area contributed by atoms with Gasteiger partial charge in [0, 0.05) is 19.8 Å². The van der Waals surface area contributed by atoms with Crippen LogP contribution >= 0.6 is 0 Å². The summed E-state index contributed by atoms with van der Waals surface area (Å²) in [6.07, 6.45) is 0. The van der Waals surface area contributed by atoms with Crippen LogP contribution in [-0.4, -0.2) is 20.1 Å². The lowest BCUT2D eigenvalue weighted by atomic mass is 10.2. The highest BCUT2D eigenvalue weighted by Crippen LogP contribution is 2.13. The minimum atomic E-state index is -0.106. The Hall–Kier alpha value is -1.51. The quantitative estimate of drug-likeness (QED) is 0.698. The minimum absolute atomic E-state index is 0.106. The number of carbonyl (C=O) groups excluding carboxylic acids is 1. The molecule has 0 aliphatic heterocycles. The zero-order chi connectivity index (χ0) is 9.84. The third kappa shape index (κ3) is 2.21. The van der Waals surface area contributed by atoms with Crippen LogP contribution in [-0.2, 0) is 0 Å². The molecule has 0 aliphatic carbocycles. The van der Waals surface area contributed by atoms with Gasteiger partial charge in [-0.05, 0) is 24.6 Å². The Balaban J connectivity index is 2.88. The van der Waals surface area contributed by atoms with E-state index in [1.807, 2.05) is 31.2 Å². The van der Waals surface area contributed by atoms with E-state index < -0.39 is 0 Å². The molecule has 0 spiro atoms. The zero-order valence-corrected chi connectivity index (χ0v) is 8.16. The SMILES string of the molecule is CNC(=O)N(C)c1cccc(C)c1. The van der Waals surface area contributed by atoms with Crippen molar-refractivity contribution in [1.82, 2.24) is 5.32 Å². The molecule has 0 aromatic heterocycles. The van der Waals surface area contributed by atoms with Crippen LogP contribution in [0.2, 0.25) is 0 Å². The molecule has 70 valence electrons. The van der Waals surface area contributed by atoms with Gasteiger partial charge in [-0.1, -0.05) is 12.1 Å². The first kappa shape index (κ1) is 9.58. The summed E-state index contributed by atoms with van der Waals surface area (Å²) in [6.45, 7) is 2.00. The fourth-order valence-corrected chi connectivity index (χ4v) is 1.12. The lowest BCUT2D eigenvalue weighted by Crippen LogP contribution is -2.34. The lowest BCUT2D eigenvalue weighted by Gasteiger charge is -2.16. The van der Waals surface area contributed by atoms with Crippen molar-refractivity contribution in [3.8, 4) is 0 Å². The van der Waals surface area contributed by atoms with Gasteiger partial charge >= 0.3 is 6.03 Å². The Morgan fingerprint density at radius 1 is 1.46 bits per heavy atom. The second-order valence-corrected chi connectivity index (χ2v) is 2.95. The molecular formula is C10H14N2O. The van der Waals surface area contributed by atoms with Gasteiger partial charge in [-0.2, -0.15) is 0 Å². The van der Waals surface area contributed by atoms with Crippen LogP contribution in [0.1, 0.15) is 5.56 Å². The van der Waals surface area contributed by atoms with Crippen molar-refractivity contribution in [1.29, 1.82) is 0 Å². The molecule has 0 saturated carbocycles. The summed E-state index contributed by atoms with van der Waals surface area (Å²) in [5, 5.41) is 2.57. The van der Waals surface area contributed by atoms with Crippen LogP contribution < -0.4 is 10.2 Å². The molecule has 1 rings (SSSR count). The van der Waals surface area contributed by atoms with Gasteiger partial charge < -0.3 is 5.32 Å². The number of nitrogens with one attached hydrogen (secondary N) is 1. The maximum absolute atomic E-state index is 11.2. The molecule has 0 atom stereocenters. The van der Waals surface area contributed by atoms with E-state index in [-0.39, 0.29) is 6.03 Å². The van der Waals surface area contributed by atoms with E-state index in [1.165, 1.54) is 0 Å². The number of benzene rings is 1. The summed E-state index contributed by atoms with van der Waals surface area (Å²) in [7, 11) is 3.36. The van der Waals surface area contributed by atoms with Crippen LogP contribution in [0.25, 0.3) is 0 Å². The highest BCUT2D eigenvalue weighted by Gasteiger charge is 2.07. The molecule has 0 saturated heterocycles. The first-order valence-corrected chi connectivity index (χ1v) is 4.17. The summed E-state index contributed by atoms with van der Waals surface area (Å²) in [5.74, 6) is 0. The van der Waals surface area contributed by atoms with Gasteiger partial charge in [0.1, 0.15) is 0 Å². The Bertz CT molecular complexity index is 310. The zero-order valence-electron chi connectivity index (χ0n) is 8.16. The van der Waals surface area contributed by atoms with E-state index in [0.717, 1.165) is 11.3 Å². The van der Waals surface area contributed by atoms with Gasteiger partial charge in [0.15, 0.2) is 0 Å². The smallest absolute Gasteiger partial charge is 0.321 e. The summed E-state index contributed by atoms with van der Waals surface area (Å²) in [6, 6.07) is 7.70. The fourth-order valence-electron chi connectivity index (χ4n) is 1.12. The van der Waals surface area contributed by atoms with E-state index in [4.69, 9.17) is 0 Å². The lowest BCUT2D eigenvalue weighted by molar-refractivity contribution is 0.249. The molecule has 2 amide bonds. The summed E-state index contributed by atoms with van der Waals surface area (Å²) in [4.78, 5) is 12.8. The molecule has 1 aromatic rings. The first-order valence-electron chi connectivity index (χ1n) is 4.17. The van der Waals surface area contributed by atoms with Crippen molar-refractivity contribution in [3.63, 3.8) is 0 Å². The number of rotatable bonds is 1. The van der Waals surface area contributed by atoms with E-state index >= 15 is 0 Å². The minimum Gasteiger partial charge on any atom is -0.341 e. The van der Waals surface area contributed by atoms with Crippen molar-refractivity contribution < 1.29 is 4.79 Å². The number of urea groups is 1. The highest BCUT2D eigenvalue weighted by atomic mass is 16.2. The number of carbonyl (C=O) groups is 1. The summed E-state index contributed by atoms with van der Waals surface area (Å²) >= 11 is 0. The Kier molecular flexibility index (Phi) is 2.90. The van der Waals surface area contributed by atoms with Crippen LogP contribution in [0.15, 0.2) is 24.3 Å². The predicted octanol–water partition coefficient (Wildman–Crippen LogP) is 1.77. The summed E-state index contributed by atoms with van der Waals surface area (Å²) < 4.78 is 0. The van der Waals surface area contributed by atoms with Gasteiger partial charge in [-0.15, -0.1) is 0 Å². The normalized spacial score (nSPS) is 9.46. The van der Waals surface area contributed by atoms with Crippen molar-refractivity contribution >= 4 is 11.7 Å². The topological polar surface area (TPSA) is 32.3 Å². The fraction of sp³-hybridized carbons (Fsp3) is 0.300. The largest absolute Gasteiger partial charge is 0.341 e. The second-order valence-electron chi connectivity index (χ2n) is 2.95. The van der Waals surface area contributed by atoms with Crippen molar-refractivity contribution in [3.05, 3.63) is 29.8 Å². The average molecular weight is 178 g/mol. The molecule has 1 N–H and O–H groups in total. The van der Waals surface area contributed by atoms with Gasteiger partial charge in [0.2, 0.25) is 0 Å². The Labute approximate surface area is 78.4 Å². The van der Waals surface area contributed by atoms with Gasteiger partial charge in [0.25, 0.3) is 0 Å². The van der Waals surface area contributed by atoms with Crippen molar-refractivity contribution in [2.45, 2.75) is 6.92 Å². The van der Waals surface area contributed by atoms with Crippen molar-refractivity contribution in [2.24, 2.45) is 0 Å². The molecule has 0 bridgehead atoms. The van der Waals surface area contributed by atoms with E-state index in [0.29, 0.717) is 0 Å². The molecule has 0 fully saturated rings. The molecular weight excluding hydrogens is 164 g/mol. The van der Waals surface area contributed by atoms with E-state index in [1.54, 1.807) is 19.0 Å². The second kappa shape index (κ2) is 3.94. The Morgan fingerprint density at radius 3 is 2.69 bits per heavy atom. The number of hydrogen-bond acceptors (Lipinski definition) is 1. The molecule has 13 heavy (non-hydrogen) atoms. The third-order valence-electron chi connectivity index (χ3n) is 1.91. The number of aryl methyl sites for hydroxylation is 1. The van der Waals surface area contributed by atoms with Crippen molar-refractivity contribution in [2.75, 3.05) is 19.0 Å². The van der Waals surface area contributed by atoms with Crippen LogP contribution in [0, 0.1) is 6.92 Å². The predicted molar refractivity (Wildman–Crippen MR) is 54.0 cm³/mol. The molecule has 0 heterocycles. The average Bonchev–Trinajstić information content (AvgIpc) is 2.15. The maximum atomic E-state index is 11.2. The maximum Gasteiger partial charge on any atom is 0.321 e. The molecule has 1 aromatic carbocycles. The standard InChI is InChI=1S/C10H14N2O/c1-8-5-4-6-9(7-8)12(3)10(13)11-2/h4-7H,1-3H3,(H,11,13). The molecule has 3 nitrogen and oxygen atoms in total. The van der Waals surface area contributed by atoms with Gasteiger partial charge in [-0.3, -0.25) is 4.90 Å². The van der Waals surface area contributed by atoms with E-state index in [2.05, 4.69) is 5.32 Å². The number of amides is 2. The molecule has 0 radical (unpaired) electrons. The van der Waals surface area contributed by atoms with Crippen LogP contribution in [0.5, 0.6) is 0 Å². The number of anilines is 1. The summed E-state index contributed by atoms with van der Waals surface area (Å²) in [5.41, 5.74) is 2.05. The van der Waals surface area contributed by atoms with E-state index in [9.17, 15) is 4.79 Å². The molecule has 3 heteroatoms. The number of nitrogens with zero attached hydrogens (tertiary/aromatic N) is 1. The monoisotopic (exact) mass is 178 g/mol. The number of hydrogen-bond donors (Lipinski definition) is 1. The first-order chi connectivity index (χ1) is 6.15. The Morgan fingerprint density at radius 2 is 2.15 bits per heavy atom. The van der Waals surface area contributed by atoms with Crippen LogP contribution in [0.4, 0.5) is 10.5 Å². The van der Waals surface area contributed by atoms with Gasteiger partial charge in [0.05, 0.1) is 0 Å². The highest BCUT2D eigenvalue weighted by molar-refractivity contribution is 5.91. The van der Waals surface area contributed by atoms with Gasteiger partial charge in [-0.25, -0.2) is 4.79 Å². The molecule has 0 unspecified atom stereocenters. The molecule has 0 aliphatic rings. The third-order valence-corrected chi connectivity index (χ3v) is 1.91.